The van der Waals surface area contributed by atoms with E-state index in [9.17, 15) is 0 Å². The average Bonchev–Trinajstić information content (AvgIpc) is 2.65. The van der Waals surface area contributed by atoms with Gasteiger partial charge in [0.2, 0.25) is 0 Å². The summed E-state index contributed by atoms with van der Waals surface area (Å²) in [7, 11) is 0. The zero-order valence-electron chi connectivity index (χ0n) is 8.59. The molecule has 2 aromatic rings. The molecule has 0 saturated carbocycles. The maximum atomic E-state index is 5.97. The van der Waals surface area contributed by atoms with Crippen LogP contribution in [0.5, 0.6) is 5.75 Å². The lowest BCUT2D eigenvalue weighted by atomic mass is 10.2. The fourth-order valence-electron chi connectivity index (χ4n) is 1.43. The molecule has 1 N–H and O–H groups in total. The third kappa shape index (κ3) is 2.23. The molecule has 0 aliphatic heterocycles. The van der Waals surface area contributed by atoms with Crippen LogP contribution in [0.15, 0.2) is 18.3 Å². The average molecular weight is 225 g/mol. The minimum atomic E-state index is 0.665. The predicted molar refractivity (Wildman–Crippen MR) is 61.5 cm³/mol. The Morgan fingerprint density at radius 3 is 3.13 bits per heavy atom. The molecule has 0 atom stereocenters. The van der Waals surface area contributed by atoms with Crippen LogP contribution in [0.4, 0.5) is 0 Å². The molecule has 1 aromatic carbocycles. The van der Waals surface area contributed by atoms with Gasteiger partial charge in [0, 0.05) is 5.02 Å². The fraction of sp³-hybridized carbons (Fsp3) is 0.364. The van der Waals surface area contributed by atoms with E-state index in [4.69, 9.17) is 16.3 Å². The largest absolute Gasteiger partial charge is 0.493 e. The number of H-pyrrole nitrogens is 1. The van der Waals surface area contributed by atoms with Crippen LogP contribution < -0.4 is 4.74 Å². The SMILES string of the molecule is CCCCOc1cc(Cl)cc2[nH]ncc12. The van der Waals surface area contributed by atoms with Crippen molar-refractivity contribution in [3.63, 3.8) is 0 Å². The summed E-state index contributed by atoms with van der Waals surface area (Å²) >= 11 is 5.97. The quantitative estimate of drug-likeness (QED) is 0.809. The molecule has 3 nitrogen and oxygen atoms in total. The summed E-state index contributed by atoms with van der Waals surface area (Å²) < 4.78 is 5.65. The number of rotatable bonds is 4. The highest BCUT2D eigenvalue weighted by Crippen LogP contribution is 2.28. The van der Waals surface area contributed by atoms with Crippen molar-refractivity contribution < 1.29 is 4.74 Å². The van der Waals surface area contributed by atoms with Crippen molar-refractivity contribution >= 4 is 22.5 Å². The summed E-state index contributed by atoms with van der Waals surface area (Å²) in [5, 5.41) is 8.49. The van der Waals surface area contributed by atoms with Crippen LogP contribution in [-0.2, 0) is 0 Å². The molecule has 0 radical (unpaired) electrons. The van der Waals surface area contributed by atoms with Gasteiger partial charge in [-0.3, -0.25) is 5.10 Å². The summed E-state index contributed by atoms with van der Waals surface area (Å²) in [4.78, 5) is 0. The van der Waals surface area contributed by atoms with Gasteiger partial charge in [0.05, 0.1) is 23.7 Å². The summed E-state index contributed by atoms with van der Waals surface area (Å²) in [6, 6.07) is 3.67. The Labute approximate surface area is 93.4 Å². The van der Waals surface area contributed by atoms with E-state index >= 15 is 0 Å². The lowest BCUT2D eigenvalue weighted by molar-refractivity contribution is 0.313. The zero-order valence-corrected chi connectivity index (χ0v) is 9.34. The van der Waals surface area contributed by atoms with Gasteiger partial charge in [-0.2, -0.15) is 5.10 Å². The molecule has 80 valence electrons. The Hall–Kier alpha value is -1.22. The van der Waals surface area contributed by atoms with Crippen LogP contribution in [-0.4, -0.2) is 16.8 Å². The minimum Gasteiger partial charge on any atom is -0.493 e. The Bertz CT molecular complexity index is 453. The van der Waals surface area contributed by atoms with E-state index in [0.29, 0.717) is 5.02 Å². The number of nitrogens with one attached hydrogen (secondary N) is 1. The Kier molecular flexibility index (Phi) is 3.11. The lowest BCUT2D eigenvalue weighted by Gasteiger charge is -2.06. The molecule has 0 fully saturated rings. The Morgan fingerprint density at radius 1 is 1.47 bits per heavy atom. The third-order valence-electron chi connectivity index (χ3n) is 2.24. The molecule has 15 heavy (non-hydrogen) atoms. The van der Waals surface area contributed by atoms with E-state index < -0.39 is 0 Å². The topological polar surface area (TPSA) is 37.9 Å². The van der Waals surface area contributed by atoms with Gasteiger partial charge in [0.25, 0.3) is 0 Å². The lowest BCUT2D eigenvalue weighted by Crippen LogP contribution is -1.96. The molecule has 0 unspecified atom stereocenters. The second kappa shape index (κ2) is 4.53. The van der Waals surface area contributed by atoms with Crippen LogP contribution >= 0.6 is 11.6 Å². The van der Waals surface area contributed by atoms with E-state index in [2.05, 4.69) is 17.1 Å². The second-order valence-electron chi connectivity index (χ2n) is 3.44. The number of aromatic nitrogens is 2. The number of halogens is 1. The first kappa shape index (κ1) is 10.3. The summed E-state index contributed by atoms with van der Waals surface area (Å²) in [5.74, 6) is 0.805. The van der Waals surface area contributed by atoms with Crippen molar-refractivity contribution in [2.24, 2.45) is 0 Å². The molecule has 0 saturated heterocycles. The number of ether oxygens (including phenoxy) is 1. The zero-order chi connectivity index (χ0) is 10.7. The molecular formula is C11H13ClN2O. The fourth-order valence-corrected chi connectivity index (χ4v) is 1.64. The molecular weight excluding hydrogens is 212 g/mol. The third-order valence-corrected chi connectivity index (χ3v) is 2.46. The highest BCUT2D eigenvalue weighted by Gasteiger charge is 2.05. The first-order chi connectivity index (χ1) is 7.31. The first-order valence-corrected chi connectivity index (χ1v) is 5.44. The highest BCUT2D eigenvalue weighted by molar-refractivity contribution is 6.31. The predicted octanol–water partition coefficient (Wildman–Crippen LogP) is 3.40. The number of benzene rings is 1. The second-order valence-corrected chi connectivity index (χ2v) is 3.87. The monoisotopic (exact) mass is 224 g/mol. The van der Waals surface area contributed by atoms with E-state index in [0.717, 1.165) is 36.1 Å². The summed E-state index contributed by atoms with van der Waals surface area (Å²) in [5.41, 5.74) is 0.911. The minimum absolute atomic E-state index is 0.665. The van der Waals surface area contributed by atoms with E-state index in [-0.39, 0.29) is 0 Å². The summed E-state index contributed by atoms with van der Waals surface area (Å²) in [6.07, 6.45) is 3.92. The van der Waals surface area contributed by atoms with Crippen molar-refractivity contribution in [2.75, 3.05) is 6.61 Å². The smallest absolute Gasteiger partial charge is 0.131 e. The van der Waals surface area contributed by atoms with Gasteiger partial charge in [-0.1, -0.05) is 24.9 Å². The number of aromatic amines is 1. The van der Waals surface area contributed by atoms with Crippen LogP contribution in [0, 0.1) is 0 Å². The van der Waals surface area contributed by atoms with Gasteiger partial charge in [-0.05, 0) is 18.6 Å². The molecule has 0 aliphatic rings. The van der Waals surface area contributed by atoms with Crippen molar-refractivity contribution in [2.45, 2.75) is 19.8 Å². The first-order valence-electron chi connectivity index (χ1n) is 5.06. The summed E-state index contributed by atoms with van der Waals surface area (Å²) in [6.45, 7) is 2.85. The number of unbranched alkanes of at least 4 members (excludes halogenated alkanes) is 1. The highest BCUT2D eigenvalue weighted by atomic mass is 35.5. The molecule has 0 bridgehead atoms. The van der Waals surface area contributed by atoms with Crippen LogP contribution in [0.1, 0.15) is 19.8 Å². The van der Waals surface area contributed by atoms with Gasteiger partial charge in [0.1, 0.15) is 5.75 Å². The molecule has 0 aliphatic carbocycles. The van der Waals surface area contributed by atoms with Gasteiger partial charge in [0.15, 0.2) is 0 Å². The molecule has 0 amide bonds. The van der Waals surface area contributed by atoms with Gasteiger partial charge in [-0.25, -0.2) is 0 Å². The molecule has 0 spiro atoms. The van der Waals surface area contributed by atoms with Gasteiger partial charge in [-0.15, -0.1) is 0 Å². The van der Waals surface area contributed by atoms with E-state index in [1.807, 2.05) is 12.1 Å². The molecule has 2 rings (SSSR count). The standard InChI is InChI=1S/C11H13ClN2O/c1-2-3-4-15-11-6-8(12)5-10-9(11)7-13-14-10/h5-7H,2-4H2,1H3,(H,13,14). The molecule has 1 heterocycles. The molecule has 1 aromatic heterocycles. The Balaban J connectivity index is 2.27. The van der Waals surface area contributed by atoms with Gasteiger partial charge < -0.3 is 4.74 Å². The van der Waals surface area contributed by atoms with Crippen molar-refractivity contribution in [1.29, 1.82) is 0 Å². The van der Waals surface area contributed by atoms with E-state index in [1.165, 1.54) is 0 Å². The number of nitrogens with zero attached hydrogens (tertiary/aromatic N) is 1. The normalized spacial score (nSPS) is 10.8. The maximum absolute atomic E-state index is 5.97. The van der Waals surface area contributed by atoms with Crippen LogP contribution in [0.25, 0.3) is 10.9 Å². The van der Waals surface area contributed by atoms with Gasteiger partial charge >= 0.3 is 0 Å². The van der Waals surface area contributed by atoms with Crippen molar-refractivity contribution in [3.05, 3.63) is 23.4 Å². The van der Waals surface area contributed by atoms with Crippen LogP contribution in [0.2, 0.25) is 5.02 Å². The van der Waals surface area contributed by atoms with Crippen LogP contribution in [0.3, 0.4) is 0 Å². The number of hydrogen-bond acceptors (Lipinski definition) is 2. The van der Waals surface area contributed by atoms with E-state index in [1.54, 1.807) is 6.20 Å². The number of fused-ring (bicyclic) bond motifs is 1. The Morgan fingerprint density at radius 2 is 2.33 bits per heavy atom. The van der Waals surface area contributed by atoms with Crippen molar-refractivity contribution in [1.82, 2.24) is 10.2 Å². The maximum Gasteiger partial charge on any atom is 0.131 e. The van der Waals surface area contributed by atoms with Crippen molar-refractivity contribution in [3.8, 4) is 5.75 Å². The number of hydrogen-bond donors (Lipinski definition) is 1. The molecule has 4 heteroatoms.